The fourth-order valence-corrected chi connectivity index (χ4v) is 4.00. The van der Waals surface area contributed by atoms with Crippen molar-refractivity contribution < 1.29 is 14.6 Å². The average molecular weight is 447 g/mol. The third-order valence-electron chi connectivity index (χ3n) is 5.91. The van der Waals surface area contributed by atoms with E-state index in [4.69, 9.17) is 10.5 Å². The highest BCUT2D eigenvalue weighted by atomic mass is 16.5. The van der Waals surface area contributed by atoms with Crippen molar-refractivity contribution in [3.8, 4) is 5.75 Å². The fourth-order valence-electron chi connectivity index (χ4n) is 4.00. The zero-order chi connectivity index (χ0) is 23.0. The number of hydrogen-bond donors (Lipinski definition) is 2. The third kappa shape index (κ3) is 5.81. The van der Waals surface area contributed by atoms with Gasteiger partial charge in [-0.3, -0.25) is 4.79 Å². The standard InChI is InChI=1S/C26H30N4O3/c27-26(32)24-17-30(19-28-24)22(18-31)12-14-29-13-11-21-9-10-23(16-25(21)29)33-15-5-4-8-20-6-2-1-3-7-20/h1-3,6-7,9-11,13,16-17,19,22,31H,4-5,8,12,14-15,18H2,(H2,27,32)/t22-/m0/s1. The number of aryl methyl sites for hydroxylation is 2. The summed E-state index contributed by atoms with van der Waals surface area (Å²) in [5.74, 6) is 0.288. The Morgan fingerprint density at radius 2 is 1.97 bits per heavy atom. The molecule has 0 bridgehead atoms. The summed E-state index contributed by atoms with van der Waals surface area (Å²) in [6, 6.07) is 18.6. The van der Waals surface area contributed by atoms with Crippen molar-refractivity contribution in [2.24, 2.45) is 5.73 Å². The van der Waals surface area contributed by atoms with Crippen LogP contribution in [0.15, 0.2) is 73.3 Å². The molecular formula is C26H30N4O3. The number of benzene rings is 2. The zero-order valence-electron chi connectivity index (χ0n) is 18.6. The fraction of sp³-hybridized carbons (Fsp3) is 0.308. The zero-order valence-corrected chi connectivity index (χ0v) is 18.6. The molecule has 2 aromatic heterocycles. The first-order valence-corrected chi connectivity index (χ1v) is 11.3. The summed E-state index contributed by atoms with van der Waals surface area (Å²) in [6.45, 7) is 1.35. The number of aliphatic hydroxyl groups is 1. The topological polar surface area (TPSA) is 95.3 Å². The van der Waals surface area contributed by atoms with Gasteiger partial charge in [0.1, 0.15) is 11.4 Å². The lowest BCUT2D eigenvalue weighted by atomic mass is 10.1. The average Bonchev–Trinajstić information content (AvgIpc) is 3.48. The van der Waals surface area contributed by atoms with Crippen LogP contribution in [0.25, 0.3) is 10.9 Å². The molecule has 2 heterocycles. The minimum Gasteiger partial charge on any atom is -0.494 e. The van der Waals surface area contributed by atoms with Crippen LogP contribution in [0.1, 0.15) is 41.4 Å². The second-order valence-corrected chi connectivity index (χ2v) is 8.22. The lowest BCUT2D eigenvalue weighted by molar-refractivity contribution is 0.0995. The molecule has 7 heteroatoms. The van der Waals surface area contributed by atoms with Gasteiger partial charge in [0, 0.05) is 25.0 Å². The molecule has 0 aliphatic heterocycles. The van der Waals surface area contributed by atoms with Crippen molar-refractivity contribution in [1.29, 1.82) is 0 Å². The Labute approximate surface area is 193 Å². The van der Waals surface area contributed by atoms with E-state index in [-0.39, 0.29) is 18.3 Å². The summed E-state index contributed by atoms with van der Waals surface area (Å²) in [6.07, 6.45) is 9.02. The van der Waals surface area contributed by atoms with Gasteiger partial charge in [-0.1, -0.05) is 30.3 Å². The second kappa shape index (κ2) is 10.8. The molecule has 0 saturated heterocycles. The maximum atomic E-state index is 11.3. The molecule has 0 radical (unpaired) electrons. The Morgan fingerprint density at radius 1 is 1.12 bits per heavy atom. The van der Waals surface area contributed by atoms with E-state index >= 15 is 0 Å². The van der Waals surface area contributed by atoms with Crippen LogP contribution in [0.5, 0.6) is 5.75 Å². The van der Waals surface area contributed by atoms with Gasteiger partial charge in [-0.15, -0.1) is 0 Å². The van der Waals surface area contributed by atoms with Crippen molar-refractivity contribution in [3.05, 3.63) is 84.6 Å². The molecule has 0 saturated carbocycles. The minimum atomic E-state index is -0.575. The Morgan fingerprint density at radius 3 is 2.73 bits per heavy atom. The number of carbonyl (C=O) groups is 1. The number of carbonyl (C=O) groups excluding carboxylic acids is 1. The lowest BCUT2D eigenvalue weighted by Crippen LogP contribution is -2.15. The SMILES string of the molecule is NC(=O)c1cn([C@H](CO)CCn2ccc3ccc(OCCCCc4ccccc4)cc32)cn1. The van der Waals surface area contributed by atoms with Crippen LogP contribution in [-0.2, 0) is 13.0 Å². The quantitative estimate of drug-likeness (QED) is 0.322. The van der Waals surface area contributed by atoms with E-state index < -0.39 is 5.91 Å². The first-order chi connectivity index (χ1) is 16.1. The molecule has 7 nitrogen and oxygen atoms in total. The number of rotatable bonds is 12. The molecule has 0 spiro atoms. The molecule has 0 fully saturated rings. The van der Waals surface area contributed by atoms with E-state index in [9.17, 15) is 9.90 Å². The molecule has 4 rings (SSSR count). The van der Waals surface area contributed by atoms with Crippen molar-refractivity contribution in [2.45, 2.75) is 38.3 Å². The lowest BCUT2D eigenvalue weighted by Gasteiger charge is -2.16. The first kappa shape index (κ1) is 22.6. The molecule has 172 valence electrons. The Bertz CT molecular complexity index is 1180. The van der Waals surface area contributed by atoms with Gasteiger partial charge < -0.3 is 24.7 Å². The Kier molecular flexibility index (Phi) is 7.42. The van der Waals surface area contributed by atoms with E-state index in [1.165, 1.54) is 5.56 Å². The molecule has 0 aliphatic carbocycles. The number of nitrogens with two attached hydrogens (primary N) is 1. The predicted octanol–water partition coefficient (Wildman–Crippen LogP) is 3.96. The number of hydrogen-bond acceptors (Lipinski definition) is 4. The molecule has 0 aliphatic rings. The van der Waals surface area contributed by atoms with Crippen LogP contribution in [0.3, 0.4) is 0 Å². The van der Waals surface area contributed by atoms with Crippen molar-refractivity contribution in [3.63, 3.8) is 0 Å². The number of aromatic nitrogens is 3. The monoisotopic (exact) mass is 446 g/mol. The van der Waals surface area contributed by atoms with Gasteiger partial charge in [-0.05, 0) is 54.8 Å². The van der Waals surface area contributed by atoms with Crippen LogP contribution < -0.4 is 10.5 Å². The number of ether oxygens (including phenoxy) is 1. The molecule has 33 heavy (non-hydrogen) atoms. The van der Waals surface area contributed by atoms with Crippen LogP contribution >= 0.6 is 0 Å². The summed E-state index contributed by atoms with van der Waals surface area (Å²) in [5, 5.41) is 11.0. The smallest absolute Gasteiger partial charge is 0.268 e. The van der Waals surface area contributed by atoms with E-state index in [0.717, 1.165) is 35.9 Å². The second-order valence-electron chi connectivity index (χ2n) is 8.22. The number of amides is 1. The number of nitrogens with zero attached hydrogens (tertiary/aromatic N) is 3. The maximum Gasteiger partial charge on any atom is 0.268 e. The number of unbranched alkanes of at least 4 members (excludes halogenated alkanes) is 1. The molecule has 0 unspecified atom stereocenters. The van der Waals surface area contributed by atoms with E-state index in [1.807, 2.05) is 18.3 Å². The molecule has 1 amide bonds. The largest absolute Gasteiger partial charge is 0.494 e. The maximum absolute atomic E-state index is 11.3. The van der Waals surface area contributed by atoms with Gasteiger partial charge in [0.25, 0.3) is 5.91 Å². The molecule has 3 N–H and O–H groups in total. The molecule has 1 atom stereocenters. The van der Waals surface area contributed by atoms with E-state index in [1.54, 1.807) is 17.1 Å². The summed E-state index contributed by atoms with van der Waals surface area (Å²) >= 11 is 0. The first-order valence-electron chi connectivity index (χ1n) is 11.3. The van der Waals surface area contributed by atoms with E-state index in [0.29, 0.717) is 19.6 Å². The van der Waals surface area contributed by atoms with Crippen molar-refractivity contribution >= 4 is 16.8 Å². The third-order valence-corrected chi connectivity index (χ3v) is 5.91. The predicted molar refractivity (Wildman–Crippen MR) is 128 cm³/mol. The van der Waals surface area contributed by atoms with Crippen molar-refractivity contribution in [1.82, 2.24) is 14.1 Å². The van der Waals surface area contributed by atoms with E-state index in [2.05, 4.69) is 52.0 Å². The number of fused-ring (bicyclic) bond motifs is 1. The highest BCUT2D eigenvalue weighted by Gasteiger charge is 2.14. The molecule has 2 aromatic carbocycles. The molecule has 4 aromatic rings. The number of aliphatic hydroxyl groups excluding tert-OH is 1. The minimum absolute atomic E-state index is 0.0505. The summed E-state index contributed by atoms with van der Waals surface area (Å²) in [5.41, 5.74) is 7.94. The highest BCUT2D eigenvalue weighted by molar-refractivity contribution is 5.90. The highest BCUT2D eigenvalue weighted by Crippen LogP contribution is 2.24. The Balaban J connectivity index is 1.32. The summed E-state index contributed by atoms with van der Waals surface area (Å²) in [7, 11) is 0. The molecular weight excluding hydrogens is 416 g/mol. The van der Waals surface area contributed by atoms with Crippen LogP contribution in [0, 0.1) is 0 Å². The van der Waals surface area contributed by atoms with Crippen LogP contribution in [0.2, 0.25) is 0 Å². The summed E-state index contributed by atoms with van der Waals surface area (Å²) in [4.78, 5) is 15.3. The van der Waals surface area contributed by atoms with Crippen LogP contribution in [-0.4, -0.2) is 38.3 Å². The van der Waals surface area contributed by atoms with Gasteiger partial charge in [0.15, 0.2) is 0 Å². The normalized spacial score (nSPS) is 12.2. The summed E-state index contributed by atoms with van der Waals surface area (Å²) < 4.78 is 9.91. The van der Waals surface area contributed by atoms with Gasteiger partial charge in [0.05, 0.1) is 31.1 Å². The Hall–Kier alpha value is -3.58. The van der Waals surface area contributed by atoms with Gasteiger partial charge in [-0.2, -0.15) is 0 Å². The van der Waals surface area contributed by atoms with Gasteiger partial charge in [-0.25, -0.2) is 4.98 Å². The number of imidazole rings is 1. The van der Waals surface area contributed by atoms with Gasteiger partial charge in [0.2, 0.25) is 0 Å². The van der Waals surface area contributed by atoms with Gasteiger partial charge >= 0.3 is 0 Å². The van der Waals surface area contributed by atoms with Crippen LogP contribution in [0.4, 0.5) is 0 Å². The number of primary amides is 1. The van der Waals surface area contributed by atoms with Crippen molar-refractivity contribution in [2.75, 3.05) is 13.2 Å².